The summed E-state index contributed by atoms with van der Waals surface area (Å²) in [4.78, 5) is 17.4. The fourth-order valence-corrected chi connectivity index (χ4v) is 3.20. The predicted octanol–water partition coefficient (Wildman–Crippen LogP) is 2.52. The molecule has 2 aromatic heterocycles. The summed E-state index contributed by atoms with van der Waals surface area (Å²) in [5, 5.41) is 7.90. The van der Waals surface area contributed by atoms with Gasteiger partial charge in [-0.05, 0) is 44.1 Å². The molecule has 2 saturated carbocycles. The van der Waals surface area contributed by atoms with Crippen LogP contribution in [-0.2, 0) is 6.42 Å². The SMILES string of the molecule is CCCc1noc2nc(C3CC3)cc(C(=O)NCC(N)C3CC3)c12. The lowest BCUT2D eigenvalue weighted by Gasteiger charge is -2.12. The van der Waals surface area contributed by atoms with E-state index in [4.69, 9.17) is 10.3 Å². The van der Waals surface area contributed by atoms with Crippen molar-refractivity contribution in [1.82, 2.24) is 15.5 Å². The lowest BCUT2D eigenvalue weighted by molar-refractivity contribution is 0.0951. The molecule has 0 radical (unpaired) electrons. The number of hydrogen-bond donors (Lipinski definition) is 2. The molecule has 4 rings (SSSR count). The summed E-state index contributed by atoms with van der Waals surface area (Å²) in [7, 11) is 0. The molecule has 2 aliphatic carbocycles. The van der Waals surface area contributed by atoms with Gasteiger partial charge in [-0.15, -0.1) is 0 Å². The Hall–Kier alpha value is -1.95. The summed E-state index contributed by atoms with van der Waals surface area (Å²) in [6, 6.07) is 1.97. The van der Waals surface area contributed by atoms with Gasteiger partial charge >= 0.3 is 0 Å². The first-order chi connectivity index (χ1) is 11.7. The highest BCUT2D eigenvalue weighted by atomic mass is 16.5. The van der Waals surface area contributed by atoms with Crippen molar-refractivity contribution >= 4 is 17.0 Å². The van der Waals surface area contributed by atoms with Crippen LogP contribution in [0.5, 0.6) is 0 Å². The molecule has 24 heavy (non-hydrogen) atoms. The summed E-state index contributed by atoms with van der Waals surface area (Å²) in [5.74, 6) is 0.923. The van der Waals surface area contributed by atoms with Gasteiger partial charge < -0.3 is 15.6 Å². The maximum Gasteiger partial charge on any atom is 0.259 e. The van der Waals surface area contributed by atoms with E-state index in [1.165, 1.54) is 12.8 Å². The van der Waals surface area contributed by atoms with E-state index in [9.17, 15) is 4.79 Å². The lowest BCUT2D eigenvalue weighted by atomic mass is 10.0. The Kier molecular flexibility index (Phi) is 4.00. The number of aromatic nitrogens is 2. The van der Waals surface area contributed by atoms with Crippen molar-refractivity contribution in [3.8, 4) is 0 Å². The zero-order chi connectivity index (χ0) is 16.7. The van der Waals surface area contributed by atoms with Crippen LogP contribution in [0.15, 0.2) is 10.6 Å². The van der Waals surface area contributed by atoms with Crippen molar-refractivity contribution in [1.29, 1.82) is 0 Å². The van der Waals surface area contributed by atoms with Crippen LogP contribution in [-0.4, -0.2) is 28.6 Å². The van der Waals surface area contributed by atoms with Crippen molar-refractivity contribution in [3.05, 3.63) is 23.0 Å². The number of nitrogens with zero attached hydrogens (tertiary/aromatic N) is 2. The third-order valence-corrected chi connectivity index (χ3v) is 4.99. The van der Waals surface area contributed by atoms with Crippen molar-refractivity contribution in [2.24, 2.45) is 11.7 Å². The second-order valence-corrected chi connectivity index (χ2v) is 7.14. The van der Waals surface area contributed by atoms with E-state index < -0.39 is 0 Å². The standard InChI is InChI=1S/C18H24N4O2/c1-2-3-14-16-12(17(23)20-9-13(19)10-4-5-10)8-15(11-6-7-11)21-18(16)24-22-14/h8,10-11,13H,2-7,9,19H2,1H3,(H,20,23). The third kappa shape index (κ3) is 3.02. The van der Waals surface area contributed by atoms with Crippen molar-refractivity contribution in [3.63, 3.8) is 0 Å². The molecule has 0 aliphatic heterocycles. The summed E-state index contributed by atoms with van der Waals surface area (Å²) in [5.41, 5.74) is 8.99. The maximum atomic E-state index is 12.8. The fraction of sp³-hybridized carbons (Fsp3) is 0.611. The van der Waals surface area contributed by atoms with Crippen LogP contribution in [0.1, 0.15) is 66.7 Å². The molecule has 2 aromatic rings. The van der Waals surface area contributed by atoms with Gasteiger partial charge in [0.2, 0.25) is 0 Å². The normalized spacial score (nSPS) is 18.8. The van der Waals surface area contributed by atoms with E-state index in [1.807, 2.05) is 6.07 Å². The first-order valence-corrected chi connectivity index (χ1v) is 9.00. The van der Waals surface area contributed by atoms with E-state index in [2.05, 4.69) is 22.4 Å². The molecular formula is C18H24N4O2. The van der Waals surface area contributed by atoms with Gasteiger partial charge in [0.25, 0.3) is 11.6 Å². The van der Waals surface area contributed by atoms with Crippen LogP contribution in [0.2, 0.25) is 0 Å². The van der Waals surface area contributed by atoms with Gasteiger partial charge in [0.15, 0.2) is 0 Å². The average molecular weight is 328 g/mol. The monoisotopic (exact) mass is 328 g/mol. The van der Waals surface area contributed by atoms with E-state index >= 15 is 0 Å². The van der Waals surface area contributed by atoms with Gasteiger partial charge in [-0.3, -0.25) is 4.79 Å². The minimum Gasteiger partial charge on any atom is -0.350 e. The Morgan fingerprint density at radius 1 is 1.42 bits per heavy atom. The number of carbonyl (C=O) groups excluding carboxylic acids is 1. The Morgan fingerprint density at radius 3 is 2.88 bits per heavy atom. The van der Waals surface area contributed by atoms with Gasteiger partial charge in [0.05, 0.1) is 16.6 Å². The number of pyridine rings is 1. The average Bonchev–Trinajstić information content (AvgIpc) is 3.49. The molecule has 128 valence electrons. The summed E-state index contributed by atoms with van der Waals surface area (Å²) < 4.78 is 5.42. The second-order valence-electron chi connectivity index (χ2n) is 7.14. The topological polar surface area (TPSA) is 94.0 Å². The highest BCUT2D eigenvalue weighted by molar-refractivity contribution is 6.06. The van der Waals surface area contributed by atoms with E-state index in [0.29, 0.717) is 29.7 Å². The summed E-state index contributed by atoms with van der Waals surface area (Å²) >= 11 is 0. The Labute approximate surface area is 141 Å². The van der Waals surface area contributed by atoms with Gasteiger partial charge in [-0.25, -0.2) is 4.98 Å². The number of carbonyl (C=O) groups is 1. The van der Waals surface area contributed by atoms with Crippen LogP contribution in [0.4, 0.5) is 0 Å². The van der Waals surface area contributed by atoms with E-state index in [0.717, 1.165) is 42.5 Å². The number of fused-ring (bicyclic) bond motifs is 1. The Bertz CT molecular complexity index is 762. The number of nitrogens with one attached hydrogen (secondary N) is 1. The molecule has 6 heteroatoms. The van der Waals surface area contributed by atoms with Crippen LogP contribution in [0, 0.1) is 5.92 Å². The van der Waals surface area contributed by atoms with Crippen LogP contribution in [0.25, 0.3) is 11.1 Å². The zero-order valence-electron chi connectivity index (χ0n) is 14.0. The highest BCUT2D eigenvalue weighted by Gasteiger charge is 2.31. The van der Waals surface area contributed by atoms with Crippen molar-refractivity contribution in [2.75, 3.05) is 6.54 Å². The third-order valence-electron chi connectivity index (χ3n) is 4.99. The molecule has 1 unspecified atom stereocenters. The predicted molar refractivity (Wildman–Crippen MR) is 90.8 cm³/mol. The minimum absolute atomic E-state index is 0.0479. The van der Waals surface area contributed by atoms with Crippen molar-refractivity contribution in [2.45, 2.75) is 57.4 Å². The zero-order valence-corrected chi connectivity index (χ0v) is 14.0. The van der Waals surface area contributed by atoms with Gasteiger partial charge in [0.1, 0.15) is 0 Å². The number of amides is 1. The molecule has 0 spiro atoms. The molecule has 0 bridgehead atoms. The molecule has 6 nitrogen and oxygen atoms in total. The first-order valence-electron chi connectivity index (χ1n) is 9.00. The smallest absolute Gasteiger partial charge is 0.259 e. The number of hydrogen-bond acceptors (Lipinski definition) is 5. The number of nitrogens with two attached hydrogens (primary N) is 1. The number of rotatable bonds is 7. The summed E-state index contributed by atoms with van der Waals surface area (Å²) in [6.07, 6.45) is 6.33. The molecular weight excluding hydrogens is 304 g/mol. The van der Waals surface area contributed by atoms with E-state index in [-0.39, 0.29) is 11.9 Å². The molecule has 2 heterocycles. The number of aryl methyl sites for hydroxylation is 1. The van der Waals surface area contributed by atoms with Crippen LogP contribution >= 0.6 is 0 Å². The molecule has 0 aromatic carbocycles. The molecule has 0 saturated heterocycles. The molecule has 3 N–H and O–H groups in total. The summed E-state index contributed by atoms with van der Waals surface area (Å²) in [6.45, 7) is 2.60. The Balaban J connectivity index is 1.64. The van der Waals surface area contributed by atoms with Gasteiger partial charge in [-0.1, -0.05) is 18.5 Å². The van der Waals surface area contributed by atoms with Gasteiger partial charge in [0, 0.05) is 24.2 Å². The van der Waals surface area contributed by atoms with Crippen molar-refractivity contribution < 1.29 is 9.32 Å². The molecule has 1 amide bonds. The van der Waals surface area contributed by atoms with Crippen LogP contribution < -0.4 is 11.1 Å². The highest BCUT2D eigenvalue weighted by Crippen LogP contribution is 2.40. The largest absolute Gasteiger partial charge is 0.350 e. The molecule has 1 atom stereocenters. The minimum atomic E-state index is -0.0963. The fourth-order valence-electron chi connectivity index (χ4n) is 3.20. The van der Waals surface area contributed by atoms with E-state index in [1.54, 1.807) is 0 Å². The lowest BCUT2D eigenvalue weighted by Crippen LogP contribution is -2.38. The molecule has 2 fully saturated rings. The first kappa shape index (κ1) is 15.6. The maximum absolute atomic E-state index is 12.8. The molecule has 2 aliphatic rings. The second kappa shape index (κ2) is 6.16. The van der Waals surface area contributed by atoms with Crippen LogP contribution in [0.3, 0.4) is 0 Å². The quantitative estimate of drug-likeness (QED) is 0.814. The van der Waals surface area contributed by atoms with Gasteiger partial charge in [-0.2, -0.15) is 0 Å². The Morgan fingerprint density at radius 2 is 2.21 bits per heavy atom.